The summed E-state index contributed by atoms with van der Waals surface area (Å²) in [4.78, 5) is 39.3. The SMILES string of the molecule is NC(=O)[C@H]1CN(c2ccc3c(c2)oc2nc(=O)ccn23)C(=O)O1. The van der Waals surface area contributed by atoms with Gasteiger partial charge in [-0.15, -0.1) is 0 Å². The minimum atomic E-state index is -0.979. The third-order valence-corrected chi connectivity index (χ3v) is 3.62. The van der Waals surface area contributed by atoms with Gasteiger partial charge in [-0.3, -0.25) is 18.9 Å². The Hall–Kier alpha value is -3.36. The molecule has 1 aliphatic rings. The maximum atomic E-state index is 11.8. The zero-order valence-corrected chi connectivity index (χ0v) is 11.6. The lowest BCUT2D eigenvalue weighted by atomic mass is 10.2. The van der Waals surface area contributed by atoms with Crippen LogP contribution >= 0.6 is 0 Å². The Labute approximate surface area is 127 Å². The number of primary amides is 1. The van der Waals surface area contributed by atoms with Crippen LogP contribution in [0.4, 0.5) is 10.5 Å². The highest BCUT2D eigenvalue weighted by molar-refractivity contribution is 5.96. The normalized spacial score (nSPS) is 17.8. The molecule has 4 rings (SSSR count). The first kappa shape index (κ1) is 13.3. The van der Waals surface area contributed by atoms with Gasteiger partial charge in [-0.2, -0.15) is 4.98 Å². The number of carbonyl (C=O) groups excluding carboxylic acids is 2. The number of hydrogen-bond acceptors (Lipinski definition) is 6. The summed E-state index contributed by atoms with van der Waals surface area (Å²) >= 11 is 0. The molecule has 0 aliphatic carbocycles. The third-order valence-electron chi connectivity index (χ3n) is 3.62. The second-order valence-corrected chi connectivity index (χ2v) is 5.06. The fourth-order valence-corrected chi connectivity index (χ4v) is 2.51. The van der Waals surface area contributed by atoms with Crippen molar-refractivity contribution in [2.75, 3.05) is 11.4 Å². The van der Waals surface area contributed by atoms with E-state index in [4.69, 9.17) is 14.9 Å². The van der Waals surface area contributed by atoms with Crippen molar-refractivity contribution >= 4 is 34.6 Å². The Morgan fingerprint density at radius 3 is 2.87 bits per heavy atom. The van der Waals surface area contributed by atoms with E-state index >= 15 is 0 Å². The van der Waals surface area contributed by atoms with Crippen molar-refractivity contribution in [1.29, 1.82) is 0 Å². The minimum Gasteiger partial charge on any atom is -0.434 e. The van der Waals surface area contributed by atoms with E-state index in [-0.39, 0.29) is 12.4 Å². The molecular weight excluding hydrogens is 304 g/mol. The van der Waals surface area contributed by atoms with E-state index in [9.17, 15) is 14.4 Å². The maximum Gasteiger partial charge on any atom is 0.415 e. The van der Waals surface area contributed by atoms with Crippen LogP contribution in [0.25, 0.3) is 16.9 Å². The van der Waals surface area contributed by atoms with Gasteiger partial charge in [0.1, 0.15) is 0 Å². The smallest absolute Gasteiger partial charge is 0.415 e. The van der Waals surface area contributed by atoms with Crippen LogP contribution in [-0.2, 0) is 9.53 Å². The highest BCUT2D eigenvalue weighted by atomic mass is 16.6. The summed E-state index contributed by atoms with van der Waals surface area (Å²) in [5.41, 5.74) is 6.37. The number of cyclic esters (lactones) is 1. The Balaban J connectivity index is 1.80. The molecule has 0 unspecified atom stereocenters. The second kappa shape index (κ2) is 4.57. The van der Waals surface area contributed by atoms with Crippen LogP contribution in [-0.4, -0.2) is 34.0 Å². The number of ether oxygens (including phenoxy) is 1. The Morgan fingerprint density at radius 1 is 1.30 bits per heavy atom. The summed E-state index contributed by atoms with van der Waals surface area (Å²) in [5.74, 6) is -0.544. The number of fused-ring (bicyclic) bond motifs is 3. The monoisotopic (exact) mass is 314 g/mol. The van der Waals surface area contributed by atoms with Gasteiger partial charge in [0.25, 0.3) is 11.5 Å². The number of anilines is 1. The van der Waals surface area contributed by atoms with Gasteiger partial charge in [0.05, 0.1) is 17.7 Å². The minimum absolute atomic E-state index is 0.0377. The molecule has 3 aromatic rings. The Kier molecular flexibility index (Phi) is 2.64. The number of carbonyl (C=O) groups is 2. The van der Waals surface area contributed by atoms with Crippen LogP contribution in [0, 0.1) is 0 Å². The van der Waals surface area contributed by atoms with Gasteiger partial charge in [0, 0.05) is 18.3 Å². The molecule has 2 aromatic heterocycles. The molecule has 1 fully saturated rings. The molecule has 0 bridgehead atoms. The van der Waals surface area contributed by atoms with E-state index in [0.717, 1.165) is 0 Å². The lowest BCUT2D eigenvalue weighted by Gasteiger charge is -2.12. The van der Waals surface area contributed by atoms with Crippen molar-refractivity contribution in [1.82, 2.24) is 9.38 Å². The lowest BCUT2D eigenvalue weighted by molar-refractivity contribution is -0.124. The van der Waals surface area contributed by atoms with E-state index < -0.39 is 23.7 Å². The Bertz CT molecular complexity index is 1020. The van der Waals surface area contributed by atoms with Gasteiger partial charge in [0.2, 0.25) is 0 Å². The van der Waals surface area contributed by atoms with Crippen molar-refractivity contribution in [2.45, 2.75) is 6.10 Å². The Morgan fingerprint density at radius 2 is 2.13 bits per heavy atom. The number of oxazole rings is 1. The van der Waals surface area contributed by atoms with Gasteiger partial charge in [-0.25, -0.2) is 4.79 Å². The molecule has 1 saturated heterocycles. The molecule has 9 nitrogen and oxygen atoms in total. The van der Waals surface area contributed by atoms with Crippen LogP contribution in [0.15, 0.2) is 39.7 Å². The maximum absolute atomic E-state index is 11.8. The third kappa shape index (κ3) is 2.01. The summed E-state index contributed by atoms with van der Waals surface area (Å²) < 4.78 is 12.0. The molecular formula is C14H10N4O5. The van der Waals surface area contributed by atoms with Gasteiger partial charge < -0.3 is 14.9 Å². The number of hydrogen-bond donors (Lipinski definition) is 1. The first-order chi connectivity index (χ1) is 11.0. The molecule has 116 valence electrons. The molecule has 9 heteroatoms. The number of nitrogens with two attached hydrogens (primary N) is 1. The summed E-state index contributed by atoms with van der Waals surface area (Å²) in [5, 5.41) is 0. The molecule has 0 saturated carbocycles. The van der Waals surface area contributed by atoms with Gasteiger partial charge in [-0.05, 0) is 12.1 Å². The summed E-state index contributed by atoms with van der Waals surface area (Å²) in [7, 11) is 0. The number of aromatic nitrogens is 2. The van der Waals surface area contributed by atoms with Gasteiger partial charge in [-0.1, -0.05) is 0 Å². The summed E-state index contributed by atoms with van der Waals surface area (Å²) in [6.45, 7) is 0.0377. The zero-order valence-electron chi connectivity index (χ0n) is 11.6. The van der Waals surface area contributed by atoms with Crippen molar-refractivity contribution in [2.24, 2.45) is 5.73 Å². The topological polar surface area (TPSA) is 120 Å². The first-order valence-corrected chi connectivity index (χ1v) is 6.72. The van der Waals surface area contributed by atoms with E-state index in [1.54, 1.807) is 28.8 Å². The lowest BCUT2D eigenvalue weighted by Crippen LogP contribution is -2.32. The van der Waals surface area contributed by atoms with Crippen LogP contribution in [0.3, 0.4) is 0 Å². The van der Waals surface area contributed by atoms with Gasteiger partial charge >= 0.3 is 11.9 Å². The molecule has 0 spiro atoms. The predicted molar refractivity (Wildman–Crippen MR) is 78.0 cm³/mol. The molecule has 0 radical (unpaired) electrons. The highest BCUT2D eigenvalue weighted by Gasteiger charge is 2.36. The molecule has 1 aromatic carbocycles. The number of nitrogens with zero attached hydrogens (tertiary/aromatic N) is 3. The fourth-order valence-electron chi connectivity index (χ4n) is 2.51. The average Bonchev–Trinajstić information content (AvgIpc) is 3.06. The standard InChI is InChI=1S/C14H10N4O5/c15-12(20)10-6-18(14(21)23-10)7-1-2-8-9(5-7)22-13-16-11(19)3-4-17(8)13/h1-5,10H,6H2,(H2,15,20)/t10-/m1/s1. The van der Waals surface area contributed by atoms with Gasteiger partial charge in [0.15, 0.2) is 11.7 Å². The largest absolute Gasteiger partial charge is 0.434 e. The molecule has 2 N–H and O–H groups in total. The van der Waals surface area contributed by atoms with E-state index in [0.29, 0.717) is 16.8 Å². The summed E-state index contributed by atoms with van der Waals surface area (Å²) in [6, 6.07) is 6.34. The number of rotatable bonds is 2. The van der Waals surface area contributed by atoms with Crippen LogP contribution < -0.4 is 16.2 Å². The van der Waals surface area contributed by atoms with E-state index in [2.05, 4.69) is 4.98 Å². The number of amides is 2. The van der Waals surface area contributed by atoms with Crippen LogP contribution in [0.1, 0.15) is 0 Å². The quantitative estimate of drug-likeness (QED) is 0.724. The van der Waals surface area contributed by atoms with Crippen molar-refractivity contribution in [3.8, 4) is 0 Å². The highest BCUT2D eigenvalue weighted by Crippen LogP contribution is 2.27. The first-order valence-electron chi connectivity index (χ1n) is 6.72. The zero-order chi connectivity index (χ0) is 16.1. The predicted octanol–water partition coefficient (Wildman–Crippen LogP) is 0.251. The van der Waals surface area contributed by atoms with Crippen molar-refractivity contribution in [3.63, 3.8) is 0 Å². The van der Waals surface area contributed by atoms with Crippen molar-refractivity contribution < 1.29 is 18.7 Å². The average molecular weight is 314 g/mol. The molecule has 23 heavy (non-hydrogen) atoms. The second-order valence-electron chi connectivity index (χ2n) is 5.06. The van der Waals surface area contributed by atoms with E-state index in [1.807, 2.05) is 0 Å². The van der Waals surface area contributed by atoms with Crippen LogP contribution in [0.2, 0.25) is 0 Å². The molecule has 2 amide bonds. The molecule has 1 aliphatic heterocycles. The fraction of sp³-hybridized carbons (Fsp3) is 0.143. The summed E-state index contributed by atoms with van der Waals surface area (Å²) in [6.07, 6.45) is -0.0755. The molecule has 3 heterocycles. The van der Waals surface area contributed by atoms with Crippen molar-refractivity contribution in [3.05, 3.63) is 40.8 Å². The van der Waals surface area contributed by atoms with E-state index in [1.165, 1.54) is 11.0 Å². The number of benzene rings is 1. The van der Waals surface area contributed by atoms with Crippen LogP contribution in [0.5, 0.6) is 0 Å². The molecule has 1 atom stereocenters.